The fraction of sp³-hybridized carbons (Fsp3) is 0.0769. The Morgan fingerprint density at radius 3 is 2.28 bits per heavy atom. The predicted molar refractivity (Wildman–Crippen MR) is 70.5 cm³/mol. The Balaban J connectivity index is 2.32. The number of nitrogen functional groups attached to an aromatic ring is 1. The normalized spacial score (nSPS) is 11.2. The number of rotatable bonds is 3. The van der Waals surface area contributed by atoms with Gasteiger partial charge in [-0.05, 0) is 30.3 Å². The van der Waals surface area contributed by atoms with E-state index in [1.54, 1.807) is 18.2 Å². The Hall–Kier alpha value is -2.01. The number of benzene rings is 2. The number of ether oxygens (including phenoxy) is 1. The summed E-state index contributed by atoms with van der Waals surface area (Å²) >= 11 is 0. The van der Waals surface area contributed by atoms with E-state index < -0.39 is 9.84 Å². The summed E-state index contributed by atoms with van der Waals surface area (Å²) in [6, 6.07) is 13.6. The van der Waals surface area contributed by atoms with Crippen LogP contribution in [0.15, 0.2) is 53.4 Å². The maximum Gasteiger partial charge on any atom is 0.175 e. The zero-order valence-corrected chi connectivity index (χ0v) is 10.6. The molecule has 5 heteroatoms. The lowest BCUT2D eigenvalue weighted by Gasteiger charge is -2.09. The average molecular weight is 263 g/mol. The summed E-state index contributed by atoms with van der Waals surface area (Å²) in [4.78, 5) is 0.181. The van der Waals surface area contributed by atoms with Crippen LogP contribution >= 0.6 is 0 Å². The lowest BCUT2D eigenvalue weighted by Crippen LogP contribution is -1.99. The summed E-state index contributed by atoms with van der Waals surface area (Å²) in [5, 5.41) is 0. The second-order valence-electron chi connectivity index (χ2n) is 3.89. The quantitative estimate of drug-likeness (QED) is 0.864. The first kappa shape index (κ1) is 12.4. The molecule has 0 unspecified atom stereocenters. The van der Waals surface area contributed by atoms with Gasteiger partial charge in [0.15, 0.2) is 9.84 Å². The van der Waals surface area contributed by atoms with Crippen molar-refractivity contribution in [3.8, 4) is 11.5 Å². The van der Waals surface area contributed by atoms with Gasteiger partial charge < -0.3 is 10.5 Å². The van der Waals surface area contributed by atoms with Crippen LogP contribution in [0.5, 0.6) is 11.5 Å². The molecule has 0 aromatic heterocycles. The van der Waals surface area contributed by atoms with Gasteiger partial charge in [-0.3, -0.25) is 0 Å². The second kappa shape index (κ2) is 4.70. The first-order chi connectivity index (χ1) is 8.47. The van der Waals surface area contributed by atoms with E-state index in [1.807, 2.05) is 18.2 Å². The lowest BCUT2D eigenvalue weighted by atomic mass is 10.3. The fourth-order valence-electron chi connectivity index (χ4n) is 1.47. The number of para-hydroxylation sites is 1. The van der Waals surface area contributed by atoms with Crippen molar-refractivity contribution in [2.75, 3.05) is 12.0 Å². The van der Waals surface area contributed by atoms with Gasteiger partial charge in [0.25, 0.3) is 0 Å². The third-order valence-electron chi connectivity index (χ3n) is 2.38. The molecular formula is C13H13NO3S. The van der Waals surface area contributed by atoms with Gasteiger partial charge in [0.05, 0.1) is 10.6 Å². The van der Waals surface area contributed by atoms with Crippen LogP contribution in [-0.2, 0) is 9.84 Å². The van der Waals surface area contributed by atoms with Gasteiger partial charge in [0.1, 0.15) is 11.5 Å². The van der Waals surface area contributed by atoms with Crippen molar-refractivity contribution in [2.24, 2.45) is 0 Å². The molecule has 0 fully saturated rings. The average Bonchev–Trinajstić information content (AvgIpc) is 2.32. The number of hydrogen-bond acceptors (Lipinski definition) is 4. The van der Waals surface area contributed by atoms with E-state index in [0.29, 0.717) is 17.2 Å². The van der Waals surface area contributed by atoms with Crippen LogP contribution in [0.1, 0.15) is 0 Å². The minimum Gasteiger partial charge on any atom is -0.455 e. The van der Waals surface area contributed by atoms with Crippen molar-refractivity contribution in [3.63, 3.8) is 0 Å². The third kappa shape index (κ3) is 2.81. The van der Waals surface area contributed by atoms with E-state index in [0.717, 1.165) is 6.26 Å². The molecule has 0 aliphatic carbocycles. The summed E-state index contributed by atoms with van der Waals surface area (Å²) in [6.07, 6.45) is 1.14. The number of hydrogen-bond donors (Lipinski definition) is 1. The molecule has 0 saturated heterocycles. The van der Waals surface area contributed by atoms with Gasteiger partial charge in [0, 0.05) is 6.26 Å². The number of anilines is 1. The zero-order chi connectivity index (χ0) is 13.2. The minimum atomic E-state index is -3.25. The fourth-order valence-corrected chi connectivity index (χ4v) is 2.12. The van der Waals surface area contributed by atoms with E-state index >= 15 is 0 Å². The first-order valence-electron chi connectivity index (χ1n) is 5.29. The highest BCUT2D eigenvalue weighted by Gasteiger charge is 2.10. The van der Waals surface area contributed by atoms with E-state index in [2.05, 4.69) is 0 Å². The zero-order valence-electron chi connectivity index (χ0n) is 9.83. The van der Waals surface area contributed by atoms with Crippen LogP contribution in [0, 0.1) is 0 Å². The Kier molecular flexibility index (Phi) is 3.25. The number of sulfone groups is 1. The van der Waals surface area contributed by atoms with Gasteiger partial charge in [-0.25, -0.2) is 8.42 Å². The topological polar surface area (TPSA) is 69.4 Å². The molecule has 4 nitrogen and oxygen atoms in total. The van der Waals surface area contributed by atoms with Crippen molar-refractivity contribution in [1.29, 1.82) is 0 Å². The van der Waals surface area contributed by atoms with Crippen LogP contribution in [0.4, 0.5) is 5.69 Å². The maximum absolute atomic E-state index is 11.4. The van der Waals surface area contributed by atoms with E-state index in [1.165, 1.54) is 12.1 Å². The van der Waals surface area contributed by atoms with Crippen molar-refractivity contribution >= 4 is 15.5 Å². The monoisotopic (exact) mass is 263 g/mol. The van der Waals surface area contributed by atoms with Gasteiger partial charge in [-0.1, -0.05) is 18.2 Å². The molecule has 0 spiro atoms. The Morgan fingerprint density at radius 1 is 1.06 bits per heavy atom. The van der Waals surface area contributed by atoms with Crippen molar-refractivity contribution in [1.82, 2.24) is 0 Å². The summed E-state index contributed by atoms with van der Waals surface area (Å²) in [5.41, 5.74) is 6.07. The van der Waals surface area contributed by atoms with Crippen molar-refractivity contribution in [3.05, 3.63) is 48.5 Å². The predicted octanol–water partition coefficient (Wildman–Crippen LogP) is 2.46. The second-order valence-corrected chi connectivity index (χ2v) is 5.90. The first-order valence-corrected chi connectivity index (χ1v) is 7.18. The largest absolute Gasteiger partial charge is 0.455 e. The Morgan fingerprint density at radius 2 is 1.72 bits per heavy atom. The molecule has 2 N–H and O–H groups in total. The Labute approximate surface area is 106 Å². The van der Waals surface area contributed by atoms with E-state index in [9.17, 15) is 8.42 Å². The van der Waals surface area contributed by atoms with Gasteiger partial charge in [-0.2, -0.15) is 0 Å². The van der Waals surface area contributed by atoms with Crippen molar-refractivity contribution in [2.45, 2.75) is 4.90 Å². The number of nitrogens with two attached hydrogens (primary N) is 1. The molecule has 0 atom stereocenters. The summed E-state index contributed by atoms with van der Waals surface area (Å²) in [6.45, 7) is 0. The molecule has 0 aliphatic rings. The summed E-state index contributed by atoms with van der Waals surface area (Å²) < 4.78 is 28.3. The van der Waals surface area contributed by atoms with Crippen LogP contribution < -0.4 is 10.5 Å². The highest BCUT2D eigenvalue weighted by atomic mass is 32.2. The van der Waals surface area contributed by atoms with Gasteiger partial charge >= 0.3 is 0 Å². The van der Waals surface area contributed by atoms with E-state index in [4.69, 9.17) is 10.5 Å². The maximum atomic E-state index is 11.4. The molecule has 0 amide bonds. The Bertz CT molecular complexity index is 651. The third-order valence-corrected chi connectivity index (χ3v) is 3.49. The highest BCUT2D eigenvalue weighted by Crippen LogP contribution is 2.29. The smallest absolute Gasteiger partial charge is 0.175 e. The van der Waals surface area contributed by atoms with Gasteiger partial charge in [-0.15, -0.1) is 0 Å². The molecule has 18 heavy (non-hydrogen) atoms. The minimum absolute atomic E-state index is 0.181. The molecule has 0 bridgehead atoms. The summed E-state index contributed by atoms with van der Waals surface area (Å²) in [7, 11) is -3.25. The standard InChI is InChI=1S/C13H13NO3S/c1-18(15,16)11-7-8-13(12(14)9-11)17-10-5-3-2-4-6-10/h2-9H,14H2,1H3. The molecule has 0 heterocycles. The molecule has 0 aliphatic heterocycles. The van der Waals surface area contributed by atoms with Crippen LogP contribution in [0.3, 0.4) is 0 Å². The van der Waals surface area contributed by atoms with Gasteiger partial charge in [0.2, 0.25) is 0 Å². The molecular weight excluding hydrogens is 250 g/mol. The van der Waals surface area contributed by atoms with Crippen LogP contribution in [-0.4, -0.2) is 14.7 Å². The molecule has 2 aromatic rings. The van der Waals surface area contributed by atoms with Crippen LogP contribution in [0.25, 0.3) is 0 Å². The molecule has 94 valence electrons. The molecule has 2 aromatic carbocycles. The molecule has 0 radical (unpaired) electrons. The highest BCUT2D eigenvalue weighted by molar-refractivity contribution is 7.90. The molecule has 0 saturated carbocycles. The van der Waals surface area contributed by atoms with Crippen LogP contribution in [0.2, 0.25) is 0 Å². The summed E-state index contributed by atoms with van der Waals surface area (Å²) in [5.74, 6) is 1.09. The van der Waals surface area contributed by atoms with Crippen molar-refractivity contribution < 1.29 is 13.2 Å². The van der Waals surface area contributed by atoms with E-state index in [-0.39, 0.29) is 4.90 Å². The lowest BCUT2D eigenvalue weighted by molar-refractivity contribution is 0.484. The molecule has 2 rings (SSSR count). The SMILES string of the molecule is CS(=O)(=O)c1ccc(Oc2ccccc2)c(N)c1.